The van der Waals surface area contributed by atoms with Gasteiger partial charge in [0.25, 0.3) is 0 Å². The summed E-state index contributed by atoms with van der Waals surface area (Å²) >= 11 is 2.18. The summed E-state index contributed by atoms with van der Waals surface area (Å²) in [4.78, 5) is 38.4. The van der Waals surface area contributed by atoms with Crippen LogP contribution in [0.1, 0.15) is 26.3 Å². The molecule has 8 nitrogen and oxygen atoms in total. The lowest BCUT2D eigenvalue weighted by atomic mass is 10.1. The Balaban J connectivity index is 1.53. The largest absolute Gasteiger partial charge is 0.460 e. The lowest BCUT2D eigenvalue weighted by Crippen LogP contribution is -2.46. The summed E-state index contributed by atoms with van der Waals surface area (Å²) in [6.45, 7) is 5.20. The van der Waals surface area contributed by atoms with Crippen LogP contribution in [0.15, 0.2) is 88.3 Å². The molecule has 4 rings (SSSR count). The number of rotatable bonds is 7. The van der Waals surface area contributed by atoms with Crippen molar-refractivity contribution < 1.29 is 28.2 Å². The highest BCUT2D eigenvalue weighted by atomic mass is 127. The van der Waals surface area contributed by atoms with Gasteiger partial charge in [0, 0.05) is 16.1 Å². The number of amides is 1. The average Bonchev–Trinajstić information content (AvgIpc) is 2.86. The summed E-state index contributed by atoms with van der Waals surface area (Å²) in [5.74, 6) is -0.00132. The van der Waals surface area contributed by atoms with Crippen LogP contribution in [0.5, 0.6) is 17.2 Å². The fourth-order valence-corrected chi connectivity index (χ4v) is 3.89. The average molecular weight is 627 g/mol. The van der Waals surface area contributed by atoms with Gasteiger partial charge in [0.1, 0.15) is 35.0 Å². The second-order valence-electron chi connectivity index (χ2n) is 9.45. The quantitative estimate of drug-likeness (QED) is 0.147. The minimum absolute atomic E-state index is 0.0351. The summed E-state index contributed by atoms with van der Waals surface area (Å²) < 4.78 is 23.2. The highest BCUT2D eigenvalue weighted by Crippen LogP contribution is 2.25. The van der Waals surface area contributed by atoms with Crippen LogP contribution in [0, 0.1) is 3.57 Å². The van der Waals surface area contributed by atoms with Crippen LogP contribution < -0.4 is 20.2 Å². The fraction of sp³-hybridized carbons (Fsp3) is 0.207. The van der Waals surface area contributed by atoms with Crippen molar-refractivity contribution in [1.82, 2.24) is 5.32 Å². The molecule has 0 saturated carbocycles. The molecule has 38 heavy (non-hydrogen) atoms. The maximum atomic E-state index is 13.1. The van der Waals surface area contributed by atoms with Crippen LogP contribution in [0.25, 0.3) is 11.0 Å². The van der Waals surface area contributed by atoms with E-state index in [0.29, 0.717) is 5.75 Å². The normalized spacial score (nSPS) is 12.0. The summed E-state index contributed by atoms with van der Waals surface area (Å²) in [7, 11) is 0. The van der Waals surface area contributed by atoms with Gasteiger partial charge in [-0.25, -0.2) is 9.59 Å². The van der Waals surface area contributed by atoms with Crippen molar-refractivity contribution in [3.8, 4) is 17.2 Å². The Hall–Kier alpha value is -3.86. The van der Waals surface area contributed by atoms with Crippen LogP contribution >= 0.6 is 22.6 Å². The number of fused-ring (bicyclic) bond motifs is 1. The molecule has 0 bridgehead atoms. The molecule has 1 heterocycles. The predicted molar refractivity (Wildman–Crippen MR) is 151 cm³/mol. The molecule has 1 amide bonds. The lowest BCUT2D eigenvalue weighted by molar-refractivity contribution is -0.136. The third-order valence-corrected chi connectivity index (χ3v) is 5.95. The van der Waals surface area contributed by atoms with Gasteiger partial charge in [0.05, 0.1) is 5.39 Å². The first-order chi connectivity index (χ1) is 18.1. The molecule has 1 atom stereocenters. The van der Waals surface area contributed by atoms with E-state index >= 15 is 0 Å². The number of hydrogen-bond acceptors (Lipinski definition) is 7. The van der Waals surface area contributed by atoms with E-state index in [-0.39, 0.29) is 34.3 Å². The smallest absolute Gasteiger partial charge is 0.408 e. The number of carbonyl (C=O) groups excluding carboxylic acids is 2. The van der Waals surface area contributed by atoms with Gasteiger partial charge in [-0.05, 0) is 85.3 Å². The number of hydrogen-bond donors (Lipinski definition) is 1. The molecule has 9 heteroatoms. The molecule has 196 valence electrons. The first-order valence-electron chi connectivity index (χ1n) is 11.8. The summed E-state index contributed by atoms with van der Waals surface area (Å²) in [6, 6.07) is 19.9. The van der Waals surface area contributed by atoms with Gasteiger partial charge in [-0.3, -0.25) is 4.79 Å². The van der Waals surface area contributed by atoms with Crippen LogP contribution in [-0.4, -0.2) is 23.7 Å². The van der Waals surface area contributed by atoms with Gasteiger partial charge in [-0.2, -0.15) is 0 Å². The van der Waals surface area contributed by atoms with E-state index in [1.165, 1.54) is 24.5 Å². The molecular weight excluding hydrogens is 601 g/mol. The van der Waals surface area contributed by atoms with Crippen LogP contribution in [0.3, 0.4) is 0 Å². The zero-order valence-electron chi connectivity index (χ0n) is 21.0. The topological polar surface area (TPSA) is 104 Å². The first kappa shape index (κ1) is 27.2. The predicted octanol–water partition coefficient (Wildman–Crippen LogP) is 6.23. The molecule has 1 N–H and O–H groups in total. The lowest BCUT2D eigenvalue weighted by Gasteiger charge is -2.23. The van der Waals surface area contributed by atoms with Gasteiger partial charge in [-0.15, -0.1) is 0 Å². The first-order valence-corrected chi connectivity index (χ1v) is 12.9. The summed E-state index contributed by atoms with van der Waals surface area (Å²) in [5, 5.41) is 2.86. The number of nitrogens with one attached hydrogen (secondary N) is 1. The van der Waals surface area contributed by atoms with Crippen LogP contribution in [0.2, 0.25) is 0 Å². The Morgan fingerprint density at radius 3 is 2.34 bits per heavy atom. The van der Waals surface area contributed by atoms with Crippen molar-refractivity contribution in [3.05, 3.63) is 98.4 Å². The van der Waals surface area contributed by atoms with Gasteiger partial charge >= 0.3 is 12.1 Å². The van der Waals surface area contributed by atoms with E-state index in [1.54, 1.807) is 32.9 Å². The van der Waals surface area contributed by atoms with Crippen LogP contribution in [-0.2, 0) is 16.0 Å². The van der Waals surface area contributed by atoms with E-state index in [4.69, 9.17) is 18.6 Å². The van der Waals surface area contributed by atoms with Crippen molar-refractivity contribution in [3.63, 3.8) is 0 Å². The number of halogens is 1. The number of ether oxygens (including phenoxy) is 3. The standard InChI is InChI=1S/C29H26INO7/c1-29(2,3)38-28(34)31-23(15-18-7-5-4-6-8-18)27(33)37-21-13-14-22-24(16-21)35-17-25(26(22)32)36-20-11-9-19(30)10-12-20/h4-14,16-17,23H,15H2,1-3H3,(H,31,34)/t23-/m0/s1. The zero-order chi connectivity index (χ0) is 27.3. The third kappa shape index (κ3) is 7.34. The number of alkyl carbamates (subject to hydrolysis) is 1. The van der Waals surface area contributed by atoms with Crippen molar-refractivity contribution in [1.29, 1.82) is 0 Å². The van der Waals surface area contributed by atoms with Gasteiger partial charge in [0.2, 0.25) is 11.2 Å². The van der Waals surface area contributed by atoms with Crippen LogP contribution in [0.4, 0.5) is 4.79 Å². The highest BCUT2D eigenvalue weighted by Gasteiger charge is 2.26. The Bertz CT molecular complexity index is 1490. The fourth-order valence-electron chi connectivity index (χ4n) is 3.53. The minimum atomic E-state index is -1.01. The molecular formula is C29H26INO7. The molecule has 0 spiro atoms. The highest BCUT2D eigenvalue weighted by molar-refractivity contribution is 14.1. The maximum absolute atomic E-state index is 13.1. The molecule has 4 aromatic rings. The van der Waals surface area contributed by atoms with Gasteiger partial charge < -0.3 is 23.9 Å². The van der Waals surface area contributed by atoms with Crippen molar-refractivity contribution in [2.24, 2.45) is 0 Å². The van der Waals surface area contributed by atoms with E-state index in [0.717, 1.165) is 9.13 Å². The second kappa shape index (κ2) is 11.7. The Labute approximate surface area is 233 Å². The molecule has 0 aliphatic heterocycles. The van der Waals surface area contributed by atoms with E-state index in [1.807, 2.05) is 42.5 Å². The van der Waals surface area contributed by atoms with E-state index in [9.17, 15) is 14.4 Å². The minimum Gasteiger partial charge on any atom is -0.460 e. The van der Waals surface area contributed by atoms with E-state index in [2.05, 4.69) is 27.9 Å². The molecule has 0 radical (unpaired) electrons. The zero-order valence-corrected chi connectivity index (χ0v) is 23.2. The Kier molecular flexibility index (Phi) is 8.35. The summed E-state index contributed by atoms with van der Waals surface area (Å²) in [6.07, 6.45) is 0.678. The van der Waals surface area contributed by atoms with Gasteiger partial charge in [-0.1, -0.05) is 30.3 Å². The molecule has 0 unspecified atom stereocenters. The SMILES string of the molecule is CC(C)(C)OC(=O)N[C@@H](Cc1ccccc1)C(=O)Oc1ccc2c(=O)c(Oc3ccc(I)cc3)coc2c1. The number of carbonyl (C=O) groups is 2. The monoisotopic (exact) mass is 627 g/mol. The third-order valence-electron chi connectivity index (χ3n) is 5.23. The molecule has 0 saturated heterocycles. The van der Waals surface area contributed by atoms with Crippen molar-refractivity contribution >= 4 is 45.6 Å². The molecule has 3 aromatic carbocycles. The van der Waals surface area contributed by atoms with Gasteiger partial charge in [0.15, 0.2) is 0 Å². The molecule has 1 aromatic heterocycles. The number of esters is 1. The second-order valence-corrected chi connectivity index (χ2v) is 10.7. The maximum Gasteiger partial charge on any atom is 0.408 e. The number of benzene rings is 3. The molecule has 0 fully saturated rings. The Morgan fingerprint density at radius 1 is 0.974 bits per heavy atom. The van der Waals surface area contributed by atoms with Crippen molar-refractivity contribution in [2.75, 3.05) is 0 Å². The molecule has 0 aliphatic carbocycles. The molecule has 0 aliphatic rings. The Morgan fingerprint density at radius 2 is 1.66 bits per heavy atom. The van der Waals surface area contributed by atoms with Crippen molar-refractivity contribution in [2.45, 2.75) is 38.8 Å². The summed E-state index contributed by atoms with van der Waals surface area (Å²) in [5.41, 5.74) is -0.0510. The van der Waals surface area contributed by atoms with E-state index < -0.39 is 23.7 Å².